The molecule has 0 unspecified atom stereocenters. The van der Waals surface area contributed by atoms with E-state index in [0.717, 1.165) is 43.3 Å². The zero-order chi connectivity index (χ0) is 17.4. The lowest BCUT2D eigenvalue weighted by molar-refractivity contribution is -0.111. The summed E-state index contributed by atoms with van der Waals surface area (Å²) in [6.07, 6.45) is 9.89. The van der Waals surface area contributed by atoms with Crippen molar-refractivity contribution in [2.24, 2.45) is 23.2 Å². The molecule has 0 radical (unpaired) electrons. The van der Waals surface area contributed by atoms with Crippen LogP contribution < -0.4 is 0 Å². The normalized spacial score (nSPS) is 37.0. The zero-order valence-corrected chi connectivity index (χ0v) is 15.2. The van der Waals surface area contributed by atoms with Crippen LogP contribution in [0.5, 0.6) is 0 Å². The molecule has 2 aromatic heterocycles. The standard InChI is InChI=1S/C19H25N5O2/c1-18(10-25-11-18)9-24-8-15(21-23-24)16-20-17(22-26-16)19-5-12-2-13(6-19)4-14(3-12)7-19/h8,12-14H,2-7,9-11H2,1H3. The van der Waals surface area contributed by atoms with Crippen LogP contribution in [0.3, 0.4) is 0 Å². The Kier molecular flexibility index (Phi) is 3.03. The summed E-state index contributed by atoms with van der Waals surface area (Å²) in [6.45, 7) is 4.56. The number of hydrogen-bond acceptors (Lipinski definition) is 6. The molecule has 26 heavy (non-hydrogen) atoms. The Bertz CT molecular complexity index is 801. The average molecular weight is 355 g/mol. The Morgan fingerprint density at radius 1 is 1.12 bits per heavy atom. The van der Waals surface area contributed by atoms with Gasteiger partial charge in [0.05, 0.1) is 26.0 Å². The smallest absolute Gasteiger partial charge is 0.280 e. The Balaban J connectivity index is 1.26. The van der Waals surface area contributed by atoms with Crippen molar-refractivity contribution >= 4 is 0 Å². The lowest BCUT2D eigenvalue weighted by Crippen LogP contribution is -2.49. The van der Waals surface area contributed by atoms with Crippen molar-refractivity contribution in [3.8, 4) is 11.6 Å². The zero-order valence-electron chi connectivity index (χ0n) is 15.2. The molecule has 7 rings (SSSR count). The predicted molar refractivity (Wildman–Crippen MR) is 92.1 cm³/mol. The molecule has 1 saturated heterocycles. The Hall–Kier alpha value is -1.76. The molecule has 0 N–H and O–H groups in total. The average Bonchev–Trinajstić information content (AvgIpc) is 3.21. The quantitative estimate of drug-likeness (QED) is 0.839. The number of rotatable bonds is 4. The van der Waals surface area contributed by atoms with Crippen molar-refractivity contribution in [2.75, 3.05) is 13.2 Å². The molecule has 4 bridgehead atoms. The molecule has 0 atom stereocenters. The highest BCUT2D eigenvalue weighted by Crippen LogP contribution is 2.60. The largest absolute Gasteiger partial charge is 0.380 e. The summed E-state index contributed by atoms with van der Waals surface area (Å²) in [5.41, 5.74) is 0.991. The van der Waals surface area contributed by atoms with Crippen LogP contribution in [0, 0.1) is 23.2 Å². The topological polar surface area (TPSA) is 78.9 Å². The van der Waals surface area contributed by atoms with Crippen LogP contribution in [-0.2, 0) is 16.7 Å². The van der Waals surface area contributed by atoms with Gasteiger partial charge in [-0.15, -0.1) is 5.10 Å². The van der Waals surface area contributed by atoms with Gasteiger partial charge in [-0.05, 0) is 56.3 Å². The van der Waals surface area contributed by atoms with Crippen LogP contribution in [0.2, 0.25) is 0 Å². The number of ether oxygens (including phenoxy) is 1. The first-order valence-electron chi connectivity index (χ1n) is 9.92. The van der Waals surface area contributed by atoms with E-state index in [1.165, 1.54) is 38.5 Å². The van der Waals surface area contributed by atoms with Gasteiger partial charge in [-0.2, -0.15) is 4.98 Å². The number of aromatic nitrogens is 5. The molecule has 0 spiro atoms. The van der Waals surface area contributed by atoms with Crippen molar-refractivity contribution in [3.05, 3.63) is 12.0 Å². The van der Waals surface area contributed by atoms with Crippen molar-refractivity contribution in [3.63, 3.8) is 0 Å². The molecule has 0 amide bonds. The van der Waals surface area contributed by atoms with Crippen LogP contribution >= 0.6 is 0 Å². The van der Waals surface area contributed by atoms with E-state index >= 15 is 0 Å². The molecule has 7 nitrogen and oxygen atoms in total. The summed E-state index contributed by atoms with van der Waals surface area (Å²) in [6, 6.07) is 0. The monoisotopic (exact) mass is 355 g/mol. The fraction of sp³-hybridized carbons (Fsp3) is 0.789. The fourth-order valence-corrected chi connectivity index (χ4v) is 6.33. The van der Waals surface area contributed by atoms with Crippen molar-refractivity contribution < 1.29 is 9.26 Å². The van der Waals surface area contributed by atoms with Crippen molar-refractivity contribution in [1.29, 1.82) is 0 Å². The maximum Gasteiger partial charge on any atom is 0.280 e. The highest BCUT2D eigenvalue weighted by atomic mass is 16.5. The van der Waals surface area contributed by atoms with E-state index in [9.17, 15) is 0 Å². The van der Waals surface area contributed by atoms with E-state index in [2.05, 4.69) is 22.4 Å². The molecule has 5 aliphatic rings. The molecule has 0 aromatic carbocycles. The highest BCUT2D eigenvalue weighted by molar-refractivity contribution is 5.43. The third-order valence-electron chi connectivity index (χ3n) is 7.14. The van der Waals surface area contributed by atoms with E-state index in [-0.39, 0.29) is 10.8 Å². The molecule has 7 heteroatoms. The van der Waals surface area contributed by atoms with Gasteiger partial charge in [-0.1, -0.05) is 17.3 Å². The van der Waals surface area contributed by atoms with Gasteiger partial charge in [0.25, 0.3) is 5.89 Å². The Morgan fingerprint density at radius 2 is 1.81 bits per heavy atom. The molecule has 4 aliphatic carbocycles. The van der Waals surface area contributed by atoms with Crippen LogP contribution in [-0.4, -0.2) is 38.3 Å². The van der Waals surface area contributed by atoms with Gasteiger partial charge in [0.2, 0.25) is 0 Å². The van der Waals surface area contributed by atoms with Crippen LogP contribution in [0.1, 0.15) is 51.3 Å². The lowest BCUT2D eigenvalue weighted by atomic mass is 9.49. The second kappa shape index (κ2) is 5.15. The first-order chi connectivity index (χ1) is 12.6. The number of hydrogen-bond donors (Lipinski definition) is 0. The van der Waals surface area contributed by atoms with Crippen LogP contribution in [0.4, 0.5) is 0 Å². The van der Waals surface area contributed by atoms with Gasteiger partial charge in [-0.3, -0.25) is 4.68 Å². The van der Waals surface area contributed by atoms with E-state index in [4.69, 9.17) is 14.2 Å². The van der Waals surface area contributed by atoms with E-state index < -0.39 is 0 Å². The molecule has 2 aromatic rings. The summed E-state index contributed by atoms with van der Waals surface area (Å²) in [7, 11) is 0. The maximum atomic E-state index is 5.62. The van der Waals surface area contributed by atoms with Crippen LogP contribution in [0.15, 0.2) is 10.7 Å². The minimum absolute atomic E-state index is 0.156. The molecule has 4 saturated carbocycles. The highest BCUT2D eigenvalue weighted by Gasteiger charge is 2.53. The van der Waals surface area contributed by atoms with Gasteiger partial charge in [-0.25, -0.2) is 0 Å². The molecule has 1 aliphatic heterocycles. The fourth-order valence-electron chi connectivity index (χ4n) is 6.33. The minimum atomic E-state index is 0.156. The summed E-state index contributed by atoms with van der Waals surface area (Å²) in [5.74, 6) is 4.04. The minimum Gasteiger partial charge on any atom is -0.380 e. The van der Waals surface area contributed by atoms with Gasteiger partial charge >= 0.3 is 0 Å². The van der Waals surface area contributed by atoms with E-state index in [1.807, 2.05) is 10.9 Å². The van der Waals surface area contributed by atoms with Crippen molar-refractivity contribution in [1.82, 2.24) is 25.1 Å². The Morgan fingerprint density at radius 3 is 2.42 bits per heavy atom. The predicted octanol–water partition coefficient (Wildman–Crippen LogP) is 2.83. The lowest BCUT2D eigenvalue weighted by Gasteiger charge is -2.55. The number of nitrogens with zero attached hydrogens (tertiary/aromatic N) is 5. The summed E-state index contributed by atoms with van der Waals surface area (Å²) in [5, 5.41) is 12.9. The van der Waals surface area contributed by atoms with Crippen molar-refractivity contribution in [2.45, 2.75) is 57.4 Å². The second-order valence-corrected chi connectivity index (χ2v) is 9.73. The molecule has 138 valence electrons. The SMILES string of the molecule is CC1(Cn2cc(-c3nc(C45CC6CC(CC(C6)C4)C5)no3)nn2)COC1. The second-order valence-electron chi connectivity index (χ2n) is 9.73. The molecular formula is C19H25N5O2. The van der Waals surface area contributed by atoms with Gasteiger partial charge < -0.3 is 9.26 Å². The van der Waals surface area contributed by atoms with Gasteiger partial charge in [0.1, 0.15) is 0 Å². The molecule has 3 heterocycles. The Labute approximate surface area is 152 Å². The maximum absolute atomic E-state index is 5.62. The van der Waals surface area contributed by atoms with E-state index in [1.54, 1.807) is 0 Å². The summed E-state index contributed by atoms with van der Waals surface area (Å²) >= 11 is 0. The molecule has 5 fully saturated rings. The van der Waals surface area contributed by atoms with Gasteiger partial charge in [0, 0.05) is 10.8 Å². The van der Waals surface area contributed by atoms with Gasteiger partial charge in [0.15, 0.2) is 11.5 Å². The molecular weight excluding hydrogens is 330 g/mol. The first kappa shape index (κ1) is 15.3. The third-order valence-corrected chi connectivity index (χ3v) is 7.14. The first-order valence-corrected chi connectivity index (χ1v) is 9.92. The summed E-state index contributed by atoms with van der Waals surface area (Å²) < 4.78 is 12.8. The van der Waals surface area contributed by atoms with Crippen LogP contribution in [0.25, 0.3) is 11.6 Å². The third kappa shape index (κ3) is 2.29. The van der Waals surface area contributed by atoms with E-state index in [0.29, 0.717) is 11.6 Å². The summed E-state index contributed by atoms with van der Waals surface area (Å²) in [4.78, 5) is 4.80.